The molecule has 2 rings (SSSR count). The molecule has 1 atom stereocenters. The van der Waals surface area contributed by atoms with Gasteiger partial charge in [-0.15, -0.1) is 0 Å². The minimum absolute atomic E-state index is 0.0757. The Hall–Kier alpha value is -1.90. The van der Waals surface area contributed by atoms with Gasteiger partial charge in [-0.25, -0.2) is 4.98 Å². The summed E-state index contributed by atoms with van der Waals surface area (Å²) in [6.07, 6.45) is 12.7. The molecule has 1 aliphatic rings. The first-order valence-corrected chi connectivity index (χ1v) is 9.49. The van der Waals surface area contributed by atoms with Crippen LogP contribution in [0.15, 0.2) is 28.6 Å². The van der Waals surface area contributed by atoms with Crippen LogP contribution in [0.1, 0.15) is 66.1 Å². The fourth-order valence-corrected chi connectivity index (χ4v) is 3.08. The first-order chi connectivity index (χ1) is 11.8. The van der Waals surface area contributed by atoms with Gasteiger partial charge in [0.05, 0.1) is 17.1 Å². The van der Waals surface area contributed by atoms with E-state index in [1.165, 1.54) is 5.57 Å². The van der Waals surface area contributed by atoms with E-state index in [9.17, 15) is 4.79 Å². The third kappa shape index (κ3) is 4.59. The van der Waals surface area contributed by atoms with Crippen LogP contribution in [-0.2, 0) is 6.54 Å². The zero-order valence-corrected chi connectivity index (χ0v) is 16.5. The third-order valence-corrected chi connectivity index (χ3v) is 4.86. The van der Waals surface area contributed by atoms with E-state index in [4.69, 9.17) is 4.98 Å². The first kappa shape index (κ1) is 19.4. The molecule has 1 heterocycles. The van der Waals surface area contributed by atoms with Gasteiger partial charge < -0.3 is 0 Å². The van der Waals surface area contributed by atoms with E-state index in [-0.39, 0.29) is 11.5 Å². The molecule has 0 radical (unpaired) electrons. The van der Waals surface area contributed by atoms with Gasteiger partial charge >= 0.3 is 0 Å². The standard InChI is InChI=1S/C22H32N2O/c1-7-19-20(13-15(2)3)23-21(17(6)16(4)5)24(22(19)25)14-18-11-9-8-10-12-18/h7,9,11-13,15-17H,8,10,14H2,1-6H3/b19-7+,20-13+. The molecule has 0 N–H and O–H groups in total. The molecule has 0 aromatic carbocycles. The molecule has 1 unspecified atom stereocenters. The zero-order chi connectivity index (χ0) is 18.6. The van der Waals surface area contributed by atoms with Crippen molar-refractivity contribution in [3.05, 3.63) is 50.5 Å². The summed E-state index contributed by atoms with van der Waals surface area (Å²) in [7, 11) is 0. The Morgan fingerprint density at radius 1 is 1.20 bits per heavy atom. The molecule has 0 saturated heterocycles. The van der Waals surface area contributed by atoms with Crippen LogP contribution in [0.4, 0.5) is 0 Å². The fraction of sp³-hybridized carbons (Fsp3) is 0.545. The van der Waals surface area contributed by atoms with Crippen molar-refractivity contribution in [3.63, 3.8) is 0 Å². The van der Waals surface area contributed by atoms with E-state index >= 15 is 0 Å². The van der Waals surface area contributed by atoms with Gasteiger partial charge in [0.25, 0.3) is 5.56 Å². The van der Waals surface area contributed by atoms with Crippen LogP contribution in [0, 0.1) is 11.8 Å². The summed E-state index contributed by atoms with van der Waals surface area (Å²) in [5.74, 6) is 1.91. The average molecular weight is 341 g/mol. The van der Waals surface area contributed by atoms with E-state index in [1.54, 1.807) is 0 Å². The van der Waals surface area contributed by atoms with Gasteiger partial charge in [0, 0.05) is 5.92 Å². The highest BCUT2D eigenvalue weighted by Gasteiger charge is 2.19. The number of nitrogens with zero attached hydrogens (tertiary/aromatic N) is 2. The number of hydrogen-bond donors (Lipinski definition) is 0. The Balaban J connectivity index is 2.73. The van der Waals surface area contributed by atoms with E-state index in [0.29, 0.717) is 23.6 Å². The Morgan fingerprint density at radius 3 is 2.44 bits per heavy atom. The lowest BCUT2D eigenvalue weighted by Crippen LogP contribution is -2.49. The van der Waals surface area contributed by atoms with Gasteiger partial charge in [0.15, 0.2) is 0 Å². The Kier molecular flexibility index (Phi) is 6.57. The minimum Gasteiger partial charge on any atom is -0.291 e. The van der Waals surface area contributed by atoms with Crippen molar-refractivity contribution >= 4 is 12.2 Å². The van der Waals surface area contributed by atoms with Crippen molar-refractivity contribution in [2.24, 2.45) is 11.8 Å². The van der Waals surface area contributed by atoms with E-state index in [0.717, 1.165) is 24.0 Å². The lowest BCUT2D eigenvalue weighted by molar-refractivity contribution is 0.474. The van der Waals surface area contributed by atoms with Crippen molar-refractivity contribution in [1.29, 1.82) is 0 Å². The average Bonchev–Trinajstić information content (AvgIpc) is 2.57. The van der Waals surface area contributed by atoms with E-state index in [1.807, 2.05) is 17.6 Å². The number of rotatable bonds is 5. The van der Waals surface area contributed by atoms with Crippen LogP contribution in [0.5, 0.6) is 0 Å². The summed E-state index contributed by atoms with van der Waals surface area (Å²) < 4.78 is 1.89. The molecule has 3 heteroatoms. The van der Waals surface area contributed by atoms with E-state index in [2.05, 4.69) is 58.9 Å². The van der Waals surface area contributed by atoms with Crippen molar-refractivity contribution in [3.8, 4) is 0 Å². The maximum absolute atomic E-state index is 13.2. The first-order valence-electron chi connectivity index (χ1n) is 9.49. The van der Waals surface area contributed by atoms with Gasteiger partial charge in [-0.05, 0) is 37.2 Å². The molecule has 1 aromatic rings. The van der Waals surface area contributed by atoms with Crippen molar-refractivity contribution in [2.45, 2.75) is 66.8 Å². The quantitative estimate of drug-likeness (QED) is 0.822. The highest BCUT2D eigenvalue weighted by Crippen LogP contribution is 2.21. The Bertz CT molecular complexity index is 838. The summed E-state index contributed by atoms with van der Waals surface area (Å²) in [6, 6.07) is 0. The van der Waals surface area contributed by atoms with Gasteiger partial charge in [-0.3, -0.25) is 9.36 Å². The molecule has 0 spiro atoms. The van der Waals surface area contributed by atoms with Gasteiger partial charge in [-0.2, -0.15) is 0 Å². The second-order valence-electron chi connectivity index (χ2n) is 7.65. The largest absolute Gasteiger partial charge is 0.291 e. The Labute approximate surface area is 151 Å². The molecule has 136 valence electrons. The Morgan fingerprint density at radius 2 is 1.92 bits per heavy atom. The maximum Gasteiger partial charge on any atom is 0.261 e. The molecule has 0 amide bonds. The molecule has 3 nitrogen and oxygen atoms in total. The molecule has 0 saturated carbocycles. The van der Waals surface area contributed by atoms with Crippen molar-refractivity contribution < 1.29 is 0 Å². The molecule has 0 aliphatic heterocycles. The summed E-state index contributed by atoms with van der Waals surface area (Å²) in [5.41, 5.74) is 1.28. The van der Waals surface area contributed by atoms with Crippen LogP contribution in [0.25, 0.3) is 12.2 Å². The monoisotopic (exact) mass is 340 g/mol. The van der Waals surface area contributed by atoms with Gasteiger partial charge in [0.1, 0.15) is 5.82 Å². The predicted octanol–water partition coefficient (Wildman–Crippen LogP) is 3.52. The smallest absolute Gasteiger partial charge is 0.261 e. The second-order valence-corrected chi connectivity index (χ2v) is 7.65. The van der Waals surface area contributed by atoms with Gasteiger partial charge in [-0.1, -0.05) is 65.0 Å². The summed E-state index contributed by atoms with van der Waals surface area (Å²) in [6.45, 7) is 13.3. The molecule has 0 bridgehead atoms. The lowest BCUT2D eigenvalue weighted by atomic mass is 9.96. The molecule has 25 heavy (non-hydrogen) atoms. The zero-order valence-electron chi connectivity index (χ0n) is 16.5. The van der Waals surface area contributed by atoms with Crippen LogP contribution in [-0.4, -0.2) is 9.55 Å². The summed E-state index contributed by atoms with van der Waals surface area (Å²) >= 11 is 0. The van der Waals surface area contributed by atoms with Crippen LogP contribution in [0.2, 0.25) is 0 Å². The maximum atomic E-state index is 13.2. The van der Waals surface area contributed by atoms with Gasteiger partial charge in [0.2, 0.25) is 0 Å². The van der Waals surface area contributed by atoms with Crippen LogP contribution in [0.3, 0.4) is 0 Å². The number of aromatic nitrogens is 2. The topological polar surface area (TPSA) is 34.9 Å². The van der Waals surface area contributed by atoms with Crippen molar-refractivity contribution in [2.75, 3.05) is 0 Å². The van der Waals surface area contributed by atoms with Crippen molar-refractivity contribution in [1.82, 2.24) is 9.55 Å². The normalized spacial score (nSPS) is 17.5. The third-order valence-electron chi connectivity index (χ3n) is 4.86. The molecule has 0 fully saturated rings. The van der Waals surface area contributed by atoms with Crippen LogP contribution >= 0.6 is 0 Å². The molecule has 1 aliphatic carbocycles. The predicted molar refractivity (Wildman–Crippen MR) is 107 cm³/mol. The molecular formula is C22H32N2O. The fourth-order valence-electron chi connectivity index (χ4n) is 3.08. The highest BCUT2D eigenvalue weighted by atomic mass is 16.1. The highest BCUT2D eigenvalue weighted by molar-refractivity contribution is 5.29. The second kappa shape index (κ2) is 8.46. The minimum atomic E-state index is 0.0757. The van der Waals surface area contributed by atoms with E-state index < -0.39 is 0 Å². The lowest BCUT2D eigenvalue weighted by Gasteiger charge is -2.21. The summed E-state index contributed by atoms with van der Waals surface area (Å²) in [4.78, 5) is 18.2. The molecule has 1 aromatic heterocycles. The SMILES string of the molecule is C/C=c1/c(=O)n(CC2=CCCC=C2)c(C(C)C(C)C)n/c1=C/C(C)C. The summed E-state index contributed by atoms with van der Waals surface area (Å²) in [5, 5.41) is 1.54. The number of hydrogen-bond acceptors (Lipinski definition) is 2. The van der Waals surface area contributed by atoms with Crippen LogP contribution < -0.4 is 16.1 Å². The molecular weight excluding hydrogens is 308 g/mol. The number of allylic oxidation sites excluding steroid dienone is 4.